The highest BCUT2D eigenvalue weighted by atomic mass is 32.2. The van der Waals surface area contributed by atoms with Gasteiger partial charge in [0.05, 0.1) is 18.6 Å². The maximum absolute atomic E-state index is 11.2. The van der Waals surface area contributed by atoms with Crippen LogP contribution in [0.15, 0.2) is 34.9 Å². The number of aromatic nitrogens is 4. The predicted octanol–water partition coefficient (Wildman–Crippen LogP) is 2.12. The van der Waals surface area contributed by atoms with Crippen LogP contribution in [0.25, 0.3) is 17.3 Å². The molecule has 2 aromatic heterocycles. The Balaban J connectivity index is 1.90. The largest absolute Gasteiger partial charge is 0.497 e. The summed E-state index contributed by atoms with van der Waals surface area (Å²) in [4.78, 5) is 4.23. The van der Waals surface area contributed by atoms with E-state index in [4.69, 9.17) is 9.26 Å². The van der Waals surface area contributed by atoms with Crippen LogP contribution >= 0.6 is 0 Å². The fourth-order valence-electron chi connectivity index (χ4n) is 2.16. The summed E-state index contributed by atoms with van der Waals surface area (Å²) in [5.41, 5.74) is 2.42. The summed E-state index contributed by atoms with van der Waals surface area (Å²) < 4.78 is 23.4. The monoisotopic (exact) mass is 332 g/mol. The fourth-order valence-corrected chi connectivity index (χ4v) is 2.64. The number of hydrogen-bond donors (Lipinski definition) is 0. The molecule has 0 aliphatic carbocycles. The number of ether oxygens (including phenoxy) is 1. The Morgan fingerprint density at radius 2 is 2.04 bits per heavy atom. The van der Waals surface area contributed by atoms with E-state index in [1.54, 1.807) is 18.0 Å². The van der Waals surface area contributed by atoms with Gasteiger partial charge in [0.2, 0.25) is 0 Å². The standard InChI is InChI=1S/C15H16N4O3S/c1-10-8-13(15-16-14(18-22-15)9-23(3)20)17-19(10)11-4-6-12(21-2)7-5-11/h4-8H,9H2,1-3H3. The highest BCUT2D eigenvalue weighted by molar-refractivity contribution is 7.83. The van der Waals surface area contributed by atoms with Crippen molar-refractivity contribution < 1.29 is 13.5 Å². The van der Waals surface area contributed by atoms with Crippen LogP contribution in [0.4, 0.5) is 0 Å². The molecule has 23 heavy (non-hydrogen) atoms. The Bertz CT molecular complexity index is 839. The second kappa shape index (κ2) is 6.33. The Kier molecular flexibility index (Phi) is 4.24. The molecule has 0 bridgehead atoms. The summed E-state index contributed by atoms with van der Waals surface area (Å²) in [6.45, 7) is 1.94. The molecular weight excluding hydrogens is 316 g/mol. The number of benzene rings is 1. The van der Waals surface area contributed by atoms with E-state index < -0.39 is 10.8 Å². The van der Waals surface area contributed by atoms with Crippen LogP contribution in [0.2, 0.25) is 0 Å². The van der Waals surface area contributed by atoms with Crippen LogP contribution in [0.1, 0.15) is 11.5 Å². The quantitative estimate of drug-likeness (QED) is 0.712. The maximum Gasteiger partial charge on any atom is 0.278 e. The van der Waals surface area contributed by atoms with Gasteiger partial charge in [0.25, 0.3) is 5.89 Å². The average molecular weight is 332 g/mol. The van der Waals surface area contributed by atoms with Crippen molar-refractivity contribution in [3.05, 3.63) is 41.9 Å². The molecule has 0 amide bonds. The summed E-state index contributed by atoms with van der Waals surface area (Å²) in [5.74, 6) is 1.79. The molecule has 0 aliphatic rings. The van der Waals surface area contributed by atoms with Crippen molar-refractivity contribution in [2.45, 2.75) is 12.7 Å². The highest BCUT2D eigenvalue weighted by Crippen LogP contribution is 2.21. The third-order valence-electron chi connectivity index (χ3n) is 3.22. The Hall–Kier alpha value is -2.48. The van der Waals surface area contributed by atoms with E-state index in [1.807, 2.05) is 37.3 Å². The summed E-state index contributed by atoms with van der Waals surface area (Å²) >= 11 is 0. The van der Waals surface area contributed by atoms with Gasteiger partial charge in [-0.1, -0.05) is 5.16 Å². The lowest BCUT2D eigenvalue weighted by atomic mass is 10.3. The molecule has 7 nitrogen and oxygen atoms in total. The number of nitrogens with zero attached hydrogens (tertiary/aromatic N) is 4. The zero-order valence-electron chi connectivity index (χ0n) is 13.0. The lowest BCUT2D eigenvalue weighted by Gasteiger charge is -2.05. The molecule has 1 aromatic carbocycles. The van der Waals surface area contributed by atoms with Crippen molar-refractivity contribution in [1.29, 1.82) is 0 Å². The van der Waals surface area contributed by atoms with E-state index in [0.717, 1.165) is 17.1 Å². The first kappa shape index (κ1) is 15.4. The molecule has 3 aromatic rings. The van der Waals surface area contributed by atoms with Gasteiger partial charge in [0, 0.05) is 22.7 Å². The minimum Gasteiger partial charge on any atom is -0.497 e. The summed E-state index contributed by atoms with van der Waals surface area (Å²) in [6.07, 6.45) is 1.60. The lowest BCUT2D eigenvalue weighted by Crippen LogP contribution is -1.98. The van der Waals surface area contributed by atoms with E-state index >= 15 is 0 Å². The highest BCUT2D eigenvalue weighted by Gasteiger charge is 2.15. The first-order valence-electron chi connectivity index (χ1n) is 6.91. The van der Waals surface area contributed by atoms with Gasteiger partial charge in [-0.2, -0.15) is 10.1 Å². The van der Waals surface area contributed by atoms with Crippen LogP contribution < -0.4 is 4.74 Å². The van der Waals surface area contributed by atoms with Gasteiger partial charge in [-0.25, -0.2) is 4.68 Å². The van der Waals surface area contributed by atoms with Crippen molar-refractivity contribution in [2.75, 3.05) is 13.4 Å². The Morgan fingerprint density at radius 3 is 2.70 bits per heavy atom. The number of aryl methyl sites for hydroxylation is 1. The first-order chi connectivity index (χ1) is 11.1. The molecule has 0 spiro atoms. The molecule has 1 unspecified atom stereocenters. The van der Waals surface area contributed by atoms with E-state index in [-0.39, 0.29) is 5.75 Å². The molecule has 0 radical (unpaired) electrons. The van der Waals surface area contributed by atoms with Gasteiger partial charge < -0.3 is 9.26 Å². The summed E-state index contributed by atoms with van der Waals surface area (Å²) in [7, 11) is 0.614. The summed E-state index contributed by atoms with van der Waals surface area (Å²) in [5, 5.41) is 8.32. The van der Waals surface area contributed by atoms with Crippen molar-refractivity contribution in [2.24, 2.45) is 0 Å². The maximum atomic E-state index is 11.2. The summed E-state index contributed by atoms with van der Waals surface area (Å²) in [6, 6.07) is 9.45. The topological polar surface area (TPSA) is 83.0 Å². The van der Waals surface area contributed by atoms with E-state index in [1.165, 1.54) is 0 Å². The molecule has 0 N–H and O–H groups in total. The van der Waals surface area contributed by atoms with Crippen molar-refractivity contribution in [1.82, 2.24) is 19.9 Å². The predicted molar refractivity (Wildman–Crippen MR) is 85.9 cm³/mol. The third-order valence-corrected chi connectivity index (χ3v) is 3.89. The van der Waals surface area contributed by atoms with Crippen LogP contribution in [-0.4, -0.2) is 37.5 Å². The zero-order chi connectivity index (χ0) is 16.4. The van der Waals surface area contributed by atoms with Gasteiger partial charge in [-0.05, 0) is 37.3 Å². The van der Waals surface area contributed by atoms with Crippen LogP contribution in [0.3, 0.4) is 0 Å². The van der Waals surface area contributed by atoms with Gasteiger partial charge >= 0.3 is 0 Å². The number of rotatable bonds is 5. The number of methoxy groups -OCH3 is 1. The number of hydrogen-bond acceptors (Lipinski definition) is 6. The normalized spacial score (nSPS) is 12.3. The van der Waals surface area contributed by atoms with Crippen molar-refractivity contribution in [3.8, 4) is 23.0 Å². The molecule has 2 heterocycles. The van der Waals surface area contributed by atoms with E-state index in [9.17, 15) is 4.21 Å². The molecule has 0 aliphatic heterocycles. The molecule has 0 saturated heterocycles. The van der Waals surface area contributed by atoms with Gasteiger partial charge in [-0.3, -0.25) is 4.21 Å². The second-order valence-electron chi connectivity index (χ2n) is 5.01. The molecule has 120 valence electrons. The zero-order valence-corrected chi connectivity index (χ0v) is 13.8. The lowest BCUT2D eigenvalue weighted by molar-refractivity contribution is 0.414. The molecule has 1 atom stereocenters. The SMILES string of the molecule is COc1ccc(-n2nc(-c3nc(CS(C)=O)no3)cc2C)cc1. The molecule has 8 heteroatoms. The second-order valence-corrected chi connectivity index (χ2v) is 6.45. The van der Waals surface area contributed by atoms with Gasteiger partial charge in [-0.15, -0.1) is 0 Å². The Labute approximate surface area is 135 Å². The molecule has 0 saturated carbocycles. The van der Waals surface area contributed by atoms with Crippen molar-refractivity contribution in [3.63, 3.8) is 0 Å². The molecular formula is C15H16N4O3S. The van der Waals surface area contributed by atoms with Crippen LogP contribution in [-0.2, 0) is 16.6 Å². The molecule has 0 fully saturated rings. The van der Waals surface area contributed by atoms with Crippen molar-refractivity contribution >= 4 is 10.8 Å². The smallest absolute Gasteiger partial charge is 0.278 e. The van der Waals surface area contributed by atoms with Crippen LogP contribution in [0, 0.1) is 6.92 Å². The minimum atomic E-state index is -1.01. The minimum absolute atomic E-state index is 0.266. The van der Waals surface area contributed by atoms with Gasteiger partial charge in [0.15, 0.2) is 11.5 Å². The van der Waals surface area contributed by atoms with Crippen LogP contribution in [0.5, 0.6) is 5.75 Å². The molecule has 3 rings (SSSR count). The first-order valence-corrected chi connectivity index (χ1v) is 8.63. The van der Waals surface area contributed by atoms with E-state index in [0.29, 0.717) is 17.4 Å². The fraction of sp³-hybridized carbons (Fsp3) is 0.267. The third kappa shape index (κ3) is 3.31. The van der Waals surface area contributed by atoms with E-state index in [2.05, 4.69) is 15.2 Å². The average Bonchev–Trinajstić information content (AvgIpc) is 3.13. The van der Waals surface area contributed by atoms with Gasteiger partial charge in [0.1, 0.15) is 5.75 Å². The Morgan fingerprint density at radius 1 is 1.30 bits per heavy atom.